The number of nitrogens with one attached hydrogen (secondary N) is 1. The van der Waals surface area contributed by atoms with E-state index in [0.717, 1.165) is 70.9 Å². The van der Waals surface area contributed by atoms with Crippen molar-refractivity contribution in [3.8, 4) is 5.69 Å². The number of hydrogen-bond acceptors (Lipinski definition) is 7. The first-order valence-corrected chi connectivity index (χ1v) is 14.3. The van der Waals surface area contributed by atoms with Crippen molar-refractivity contribution in [2.45, 2.75) is 58.5 Å². The monoisotopic (exact) mass is 548 g/mol. The van der Waals surface area contributed by atoms with Gasteiger partial charge in [0.25, 0.3) is 11.2 Å². The second-order valence-corrected chi connectivity index (χ2v) is 11.8. The molecule has 8 nitrogen and oxygen atoms in total. The molecule has 0 bridgehead atoms. The fourth-order valence-corrected chi connectivity index (χ4v) is 7.03. The van der Waals surface area contributed by atoms with E-state index in [9.17, 15) is 19.7 Å². The van der Waals surface area contributed by atoms with Crippen molar-refractivity contribution in [3.05, 3.63) is 83.5 Å². The molecule has 2 aromatic heterocycles. The number of benzene rings is 2. The summed E-state index contributed by atoms with van der Waals surface area (Å²) in [6.45, 7) is 7.59. The molecule has 0 saturated heterocycles. The topological polar surface area (TPSA) is 107 Å². The zero-order valence-electron chi connectivity index (χ0n) is 21.7. The number of aryl methyl sites for hydroxylation is 6. The van der Waals surface area contributed by atoms with Crippen LogP contribution in [0.4, 0.5) is 11.4 Å². The van der Waals surface area contributed by atoms with Crippen LogP contribution in [0.1, 0.15) is 45.5 Å². The molecule has 0 saturated carbocycles. The molecule has 196 valence electrons. The molecule has 0 unspecified atom stereocenters. The molecule has 0 atom stereocenters. The third-order valence-corrected chi connectivity index (χ3v) is 9.09. The minimum Gasteiger partial charge on any atom is -0.320 e. The van der Waals surface area contributed by atoms with Crippen LogP contribution in [0.2, 0.25) is 0 Å². The van der Waals surface area contributed by atoms with E-state index in [0.29, 0.717) is 15.4 Å². The molecule has 2 heterocycles. The molecule has 1 N–H and O–H groups in total. The lowest BCUT2D eigenvalue weighted by atomic mass is 9.97. The molecule has 0 radical (unpaired) electrons. The van der Waals surface area contributed by atoms with Crippen LogP contribution in [0, 0.1) is 37.8 Å². The first-order chi connectivity index (χ1) is 18.1. The van der Waals surface area contributed by atoms with Gasteiger partial charge in [-0.25, -0.2) is 4.98 Å². The van der Waals surface area contributed by atoms with Gasteiger partial charge in [0.1, 0.15) is 10.5 Å². The molecule has 1 amide bonds. The summed E-state index contributed by atoms with van der Waals surface area (Å²) >= 11 is 2.73. The maximum Gasteiger partial charge on any atom is 0.293 e. The molecule has 4 aromatic rings. The van der Waals surface area contributed by atoms with Crippen molar-refractivity contribution in [2.24, 2.45) is 0 Å². The number of nitro benzene ring substituents is 1. The molecular weight excluding hydrogens is 520 g/mol. The number of anilines is 1. The highest BCUT2D eigenvalue weighted by atomic mass is 32.2. The lowest BCUT2D eigenvalue weighted by Gasteiger charge is -2.16. The second kappa shape index (κ2) is 10.3. The Bertz CT molecular complexity index is 1670. The smallest absolute Gasteiger partial charge is 0.293 e. The van der Waals surface area contributed by atoms with E-state index in [1.165, 1.54) is 10.9 Å². The van der Waals surface area contributed by atoms with E-state index < -0.39 is 10.8 Å². The molecular formula is C28H28N4O4S2. The molecule has 38 heavy (non-hydrogen) atoms. The van der Waals surface area contributed by atoms with E-state index in [4.69, 9.17) is 4.98 Å². The van der Waals surface area contributed by atoms with Crippen LogP contribution < -0.4 is 10.9 Å². The average molecular weight is 549 g/mol. The van der Waals surface area contributed by atoms with Gasteiger partial charge in [0.05, 0.1) is 21.7 Å². The predicted molar refractivity (Wildman–Crippen MR) is 153 cm³/mol. The lowest BCUT2D eigenvalue weighted by molar-refractivity contribution is -0.384. The number of amides is 1. The fraction of sp³-hybridized carbons (Fsp3) is 0.321. The zero-order chi connectivity index (χ0) is 27.1. The number of carbonyl (C=O) groups excluding carboxylic acids is 1. The Labute approximate surface area is 228 Å². The Kier molecular flexibility index (Phi) is 7.11. The van der Waals surface area contributed by atoms with Gasteiger partial charge >= 0.3 is 0 Å². The molecule has 2 aromatic carbocycles. The molecule has 0 fully saturated rings. The third-order valence-electron chi connectivity index (χ3n) is 6.97. The number of thioether (sulfide) groups is 1. The zero-order valence-corrected chi connectivity index (χ0v) is 23.3. The van der Waals surface area contributed by atoms with Crippen molar-refractivity contribution in [3.63, 3.8) is 0 Å². The average Bonchev–Trinajstić information content (AvgIpc) is 3.24. The van der Waals surface area contributed by atoms with Gasteiger partial charge < -0.3 is 5.32 Å². The number of nitro groups is 1. The molecule has 1 aliphatic rings. The standard InChI is InChI=1S/C28H28N4O4S2/c1-15-9-10-21(18(4)11-15)31-27(34)25-19-7-5-6-8-23(19)38-26(25)30-28(31)37-14-24(33)29-20-12-16(2)17(3)13-22(20)32(35)36/h9-13H,5-8,14H2,1-4H3,(H,29,33). The SMILES string of the molecule is Cc1ccc(-n2c(SCC(=O)Nc3cc(C)c(C)cc3[N+](=O)[O-])nc3sc4c(c3c2=O)CCCC4)c(C)c1. The quantitative estimate of drug-likeness (QED) is 0.133. The Balaban J connectivity index is 1.53. The van der Waals surface area contributed by atoms with Crippen LogP contribution in [-0.2, 0) is 17.6 Å². The highest BCUT2D eigenvalue weighted by molar-refractivity contribution is 7.99. The van der Waals surface area contributed by atoms with E-state index in [1.54, 1.807) is 28.9 Å². The molecule has 5 rings (SSSR count). The van der Waals surface area contributed by atoms with Gasteiger partial charge in [-0.05, 0) is 87.8 Å². The summed E-state index contributed by atoms with van der Waals surface area (Å²) in [4.78, 5) is 44.8. The largest absolute Gasteiger partial charge is 0.320 e. The van der Waals surface area contributed by atoms with Gasteiger partial charge in [0, 0.05) is 10.9 Å². The Morgan fingerprint density at radius 2 is 1.84 bits per heavy atom. The maximum absolute atomic E-state index is 14.0. The van der Waals surface area contributed by atoms with E-state index in [-0.39, 0.29) is 22.7 Å². The van der Waals surface area contributed by atoms with Crippen LogP contribution in [0.5, 0.6) is 0 Å². The summed E-state index contributed by atoms with van der Waals surface area (Å²) in [5, 5.41) is 15.3. The summed E-state index contributed by atoms with van der Waals surface area (Å²) in [7, 11) is 0. The number of carbonyl (C=O) groups is 1. The summed E-state index contributed by atoms with van der Waals surface area (Å²) in [6, 6.07) is 8.98. The summed E-state index contributed by atoms with van der Waals surface area (Å²) in [5.41, 5.74) is 5.39. The van der Waals surface area contributed by atoms with E-state index in [2.05, 4.69) is 5.32 Å². The Morgan fingerprint density at radius 3 is 2.58 bits per heavy atom. The first-order valence-electron chi connectivity index (χ1n) is 12.5. The van der Waals surface area contributed by atoms with Gasteiger partial charge in [-0.15, -0.1) is 11.3 Å². The lowest BCUT2D eigenvalue weighted by Crippen LogP contribution is -2.24. The number of fused-ring (bicyclic) bond motifs is 3. The highest BCUT2D eigenvalue weighted by Gasteiger charge is 2.24. The van der Waals surface area contributed by atoms with Crippen molar-refractivity contribution < 1.29 is 9.72 Å². The van der Waals surface area contributed by atoms with Gasteiger partial charge in [0.2, 0.25) is 5.91 Å². The molecule has 0 aliphatic heterocycles. The fourth-order valence-electron chi connectivity index (χ4n) is 4.92. The minimum atomic E-state index is -0.499. The van der Waals surface area contributed by atoms with Gasteiger partial charge in [-0.3, -0.25) is 24.3 Å². The van der Waals surface area contributed by atoms with Crippen molar-refractivity contribution >= 4 is 50.6 Å². The van der Waals surface area contributed by atoms with E-state index in [1.807, 2.05) is 39.0 Å². The normalized spacial score (nSPS) is 12.9. The van der Waals surface area contributed by atoms with Gasteiger partial charge in [-0.2, -0.15) is 0 Å². The summed E-state index contributed by atoms with van der Waals surface area (Å²) < 4.78 is 1.62. The van der Waals surface area contributed by atoms with Crippen LogP contribution >= 0.6 is 23.1 Å². The van der Waals surface area contributed by atoms with Crippen LogP contribution in [0.3, 0.4) is 0 Å². The van der Waals surface area contributed by atoms with Crippen LogP contribution in [0.25, 0.3) is 15.9 Å². The first kappa shape index (κ1) is 26.1. The Morgan fingerprint density at radius 1 is 1.11 bits per heavy atom. The number of rotatable bonds is 6. The van der Waals surface area contributed by atoms with Crippen molar-refractivity contribution in [1.29, 1.82) is 0 Å². The number of hydrogen-bond donors (Lipinski definition) is 1. The number of nitrogens with zero attached hydrogens (tertiary/aromatic N) is 3. The number of thiophene rings is 1. The Hall–Kier alpha value is -3.50. The number of aromatic nitrogens is 2. The van der Waals surface area contributed by atoms with E-state index >= 15 is 0 Å². The molecule has 1 aliphatic carbocycles. The minimum absolute atomic E-state index is 0.0575. The van der Waals surface area contributed by atoms with Crippen LogP contribution in [-0.4, -0.2) is 26.1 Å². The maximum atomic E-state index is 14.0. The van der Waals surface area contributed by atoms with Gasteiger partial charge in [0.15, 0.2) is 5.16 Å². The predicted octanol–water partition coefficient (Wildman–Crippen LogP) is 6.20. The second-order valence-electron chi connectivity index (χ2n) is 9.76. The highest BCUT2D eigenvalue weighted by Crippen LogP contribution is 2.36. The summed E-state index contributed by atoms with van der Waals surface area (Å²) in [6.07, 6.45) is 4.00. The summed E-state index contributed by atoms with van der Waals surface area (Å²) in [5.74, 6) is -0.466. The van der Waals surface area contributed by atoms with Gasteiger partial charge in [-0.1, -0.05) is 29.5 Å². The molecule has 0 spiro atoms. The molecule has 10 heteroatoms. The van der Waals surface area contributed by atoms with Crippen LogP contribution in [0.15, 0.2) is 40.3 Å². The van der Waals surface area contributed by atoms with Crippen molar-refractivity contribution in [1.82, 2.24) is 9.55 Å². The van der Waals surface area contributed by atoms with Crippen molar-refractivity contribution in [2.75, 3.05) is 11.1 Å². The third kappa shape index (κ3) is 4.86.